The van der Waals surface area contributed by atoms with E-state index < -0.39 is 35.6 Å². The number of nitrogens with zero attached hydrogens (tertiary/aromatic N) is 1. The Morgan fingerprint density at radius 3 is 2.20 bits per heavy atom. The maximum atomic E-state index is 14.6. The van der Waals surface area contributed by atoms with Crippen molar-refractivity contribution in [1.29, 1.82) is 0 Å². The molecule has 0 saturated heterocycles. The summed E-state index contributed by atoms with van der Waals surface area (Å²) in [5.41, 5.74) is 1.64. The van der Waals surface area contributed by atoms with Gasteiger partial charge < -0.3 is 30.5 Å². The maximum Gasteiger partial charge on any atom is 0.408 e. The zero-order valence-electron chi connectivity index (χ0n) is 27.0. The van der Waals surface area contributed by atoms with E-state index in [1.807, 2.05) is 30.3 Å². The molecule has 242 valence electrons. The van der Waals surface area contributed by atoms with E-state index in [0.717, 1.165) is 24.8 Å². The summed E-state index contributed by atoms with van der Waals surface area (Å²) in [5, 5.41) is 26.7. The van der Waals surface area contributed by atoms with Gasteiger partial charge in [-0.05, 0) is 62.9 Å². The van der Waals surface area contributed by atoms with E-state index in [1.165, 1.54) is 17.0 Å². The van der Waals surface area contributed by atoms with Crippen molar-refractivity contribution in [3.8, 4) is 11.5 Å². The first-order valence-electron chi connectivity index (χ1n) is 15.6. The van der Waals surface area contributed by atoms with Crippen LogP contribution >= 0.6 is 0 Å². The largest absolute Gasteiger partial charge is 0.508 e. The average molecular weight is 618 g/mol. The molecule has 9 heteroatoms. The maximum absolute atomic E-state index is 14.6. The van der Waals surface area contributed by atoms with Gasteiger partial charge in [0.05, 0.1) is 0 Å². The number of unbranched alkanes of at least 4 members (excludes halogenated alkanes) is 3. The lowest BCUT2D eigenvalue weighted by Crippen LogP contribution is -2.54. The predicted molar refractivity (Wildman–Crippen MR) is 175 cm³/mol. The van der Waals surface area contributed by atoms with Gasteiger partial charge in [0, 0.05) is 25.1 Å². The number of para-hydroxylation sites is 1. The number of hydrogen-bond donors (Lipinski definition) is 4. The quantitative estimate of drug-likeness (QED) is 0.157. The standard InChI is InChI=1S/C36H47N3O6/c1-6-7-8-12-22-39(34(43)30(38-35(44)45-36(3,4)5)23-26-18-20-28(40)21-19-26)31(29-17-13-14-25(2)32(29)41)33(42)37-24-27-15-10-9-11-16-27/h9-11,13-21,30-31,40-41H,6-8,12,22-24H2,1-5H3,(H,37,42)(H,38,44). The van der Waals surface area contributed by atoms with Crippen LogP contribution in [-0.4, -0.2) is 51.2 Å². The van der Waals surface area contributed by atoms with Gasteiger partial charge in [-0.1, -0.05) is 86.8 Å². The summed E-state index contributed by atoms with van der Waals surface area (Å²) in [5.74, 6) is -0.946. The highest BCUT2D eigenvalue weighted by atomic mass is 16.6. The van der Waals surface area contributed by atoms with E-state index in [9.17, 15) is 24.6 Å². The van der Waals surface area contributed by atoms with E-state index in [4.69, 9.17) is 4.74 Å². The number of aromatic hydroxyl groups is 2. The van der Waals surface area contributed by atoms with Crippen LogP contribution in [0.15, 0.2) is 72.8 Å². The highest BCUT2D eigenvalue weighted by Gasteiger charge is 2.37. The normalized spacial score (nSPS) is 12.6. The Kier molecular flexibility index (Phi) is 12.8. The van der Waals surface area contributed by atoms with E-state index in [1.54, 1.807) is 58.0 Å². The van der Waals surface area contributed by atoms with Gasteiger partial charge >= 0.3 is 6.09 Å². The molecule has 0 spiro atoms. The predicted octanol–water partition coefficient (Wildman–Crippen LogP) is 6.31. The molecular formula is C36H47N3O6. The van der Waals surface area contributed by atoms with E-state index in [0.29, 0.717) is 23.1 Å². The smallest absolute Gasteiger partial charge is 0.408 e. The molecule has 3 aromatic rings. The first kappa shape index (κ1) is 35.0. The van der Waals surface area contributed by atoms with Gasteiger partial charge in [0.2, 0.25) is 11.8 Å². The molecular weight excluding hydrogens is 570 g/mol. The number of carbonyl (C=O) groups excluding carboxylic acids is 3. The fourth-order valence-electron chi connectivity index (χ4n) is 5.03. The van der Waals surface area contributed by atoms with Gasteiger partial charge in [-0.3, -0.25) is 9.59 Å². The number of amides is 3. The fourth-order valence-corrected chi connectivity index (χ4v) is 5.03. The molecule has 3 amide bonds. The number of alkyl carbamates (subject to hydrolysis) is 1. The Bertz CT molecular complexity index is 1400. The molecule has 9 nitrogen and oxygen atoms in total. The first-order valence-corrected chi connectivity index (χ1v) is 15.6. The second-order valence-corrected chi connectivity index (χ2v) is 12.3. The molecule has 0 heterocycles. The van der Waals surface area contributed by atoms with Crippen LogP contribution in [0.1, 0.15) is 81.7 Å². The number of nitrogens with one attached hydrogen (secondary N) is 2. The molecule has 0 aliphatic carbocycles. The Balaban J connectivity index is 2.07. The van der Waals surface area contributed by atoms with Crippen LogP contribution in [0.2, 0.25) is 0 Å². The molecule has 2 atom stereocenters. The lowest BCUT2D eigenvalue weighted by Gasteiger charge is -2.35. The van der Waals surface area contributed by atoms with Crippen LogP contribution in [0.5, 0.6) is 11.5 Å². The number of rotatable bonds is 14. The van der Waals surface area contributed by atoms with Crippen molar-refractivity contribution in [1.82, 2.24) is 15.5 Å². The lowest BCUT2D eigenvalue weighted by atomic mass is 9.97. The second kappa shape index (κ2) is 16.5. The topological polar surface area (TPSA) is 128 Å². The Hall–Kier alpha value is -4.53. The van der Waals surface area contributed by atoms with Crippen LogP contribution in [-0.2, 0) is 27.3 Å². The summed E-state index contributed by atoms with van der Waals surface area (Å²) in [4.78, 5) is 43.2. The van der Waals surface area contributed by atoms with Gasteiger partial charge in [-0.15, -0.1) is 0 Å². The van der Waals surface area contributed by atoms with Crippen LogP contribution in [0.25, 0.3) is 0 Å². The molecule has 0 fully saturated rings. The lowest BCUT2D eigenvalue weighted by molar-refractivity contribution is -0.142. The Morgan fingerprint density at radius 2 is 1.56 bits per heavy atom. The van der Waals surface area contributed by atoms with Crippen LogP contribution in [0.3, 0.4) is 0 Å². The number of phenols is 2. The zero-order chi connectivity index (χ0) is 33.0. The minimum Gasteiger partial charge on any atom is -0.508 e. The monoisotopic (exact) mass is 617 g/mol. The van der Waals surface area contributed by atoms with Crippen LogP contribution < -0.4 is 10.6 Å². The van der Waals surface area contributed by atoms with Crippen molar-refractivity contribution in [2.45, 2.75) is 91.0 Å². The molecule has 0 aromatic heterocycles. The number of hydrogen-bond acceptors (Lipinski definition) is 6. The van der Waals surface area contributed by atoms with Crippen molar-refractivity contribution >= 4 is 17.9 Å². The van der Waals surface area contributed by atoms with Crippen molar-refractivity contribution in [3.63, 3.8) is 0 Å². The van der Waals surface area contributed by atoms with Crippen LogP contribution in [0, 0.1) is 6.92 Å². The summed E-state index contributed by atoms with van der Waals surface area (Å²) < 4.78 is 5.50. The average Bonchev–Trinajstić information content (AvgIpc) is 2.99. The third kappa shape index (κ3) is 10.8. The number of carbonyl (C=O) groups is 3. The van der Waals surface area contributed by atoms with Crippen LogP contribution in [0.4, 0.5) is 4.79 Å². The summed E-state index contributed by atoms with van der Waals surface area (Å²) in [6, 6.07) is 18.7. The van der Waals surface area contributed by atoms with E-state index >= 15 is 0 Å². The number of ether oxygens (including phenoxy) is 1. The molecule has 0 radical (unpaired) electrons. The summed E-state index contributed by atoms with van der Waals surface area (Å²) in [6.07, 6.45) is 2.71. The molecule has 0 aliphatic rings. The third-order valence-corrected chi connectivity index (χ3v) is 7.33. The Labute approximate surface area is 266 Å². The molecule has 45 heavy (non-hydrogen) atoms. The minimum absolute atomic E-state index is 0.0705. The molecule has 4 N–H and O–H groups in total. The van der Waals surface area contributed by atoms with Gasteiger partial charge in [-0.25, -0.2) is 4.79 Å². The highest BCUT2D eigenvalue weighted by Crippen LogP contribution is 2.33. The van der Waals surface area contributed by atoms with E-state index in [2.05, 4.69) is 17.6 Å². The van der Waals surface area contributed by atoms with Crippen molar-refractivity contribution in [2.24, 2.45) is 0 Å². The summed E-state index contributed by atoms with van der Waals surface area (Å²) in [6.45, 7) is 9.48. The minimum atomic E-state index is -1.18. The van der Waals surface area contributed by atoms with Crippen molar-refractivity contribution in [2.75, 3.05) is 6.54 Å². The molecule has 3 aromatic carbocycles. The van der Waals surface area contributed by atoms with E-state index in [-0.39, 0.29) is 31.0 Å². The number of aryl methyl sites for hydroxylation is 1. The van der Waals surface area contributed by atoms with Gasteiger partial charge in [0.1, 0.15) is 29.2 Å². The van der Waals surface area contributed by atoms with Gasteiger partial charge in [-0.2, -0.15) is 0 Å². The molecule has 0 bridgehead atoms. The summed E-state index contributed by atoms with van der Waals surface area (Å²) in [7, 11) is 0. The molecule has 0 aliphatic heterocycles. The summed E-state index contributed by atoms with van der Waals surface area (Å²) >= 11 is 0. The first-order chi connectivity index (χ1) is 21.4. The van der Waals surface area contributed by atoms with Gasteiger partial charge in [0.15, 0.2) is 0 Å². The highest BCUT2D eigenvalue weighted by molar-refractivity contribution is 5.92. The van der Waals surface area contributed by atoms with Gasteiger partial charge in [0.25, 0.3) is 0 Å². The zero-order valence-corrected chi connectivity index (χ0v) is 27.0. The fraction of sp³-hybridized carbons (Fsp3) is 0.417. The van der Waals surface area contributed by atoms with Crippen molar-refractivity contribution in [3.05, 3.63) is 95.1 Å². The third-order valence-electron chi connectivity index (χ3n) is 7.33. The second-order valence-electron chi connectivity index (χ2n) is 12.3. The molecule has 0 saturated carbocycles. The molecule has 3 rings (SSSR count). The number of benzene rings is 3. The molecule has 2 unspecified atom stereocenters. The van der Waals surface area contributed by atoms with Crippen molar-refractivity contribution < 1.29 is 29.3 Å². The number of phenolic OH excluding ortho intramolecular Hbond substituents is 2. The SMILES string of the molecule is CCCCCCN(C(=O)C(Cc1ccc(O)cc1)NC(=O)OC(C)(C)C)C(C(=O)NCc1ccccc1)c1cccc(C)c1O. The Morgan fingerprint density at radius 1 is 0.867 bits per heavy atom.